The van der Waals surface area contributed by atoms with E-state index in [2.05, 4.69) is 10.4 Å². The number of amides is 1. The quantitative estimate of drug-likeness (QED) is 0.169. The smallest absolute Gasteiger partial charge is 0.416 e. The van der Waals surface area contributed by atoms with E-state index in [9.17, 15) is 31.5 Å². The van der Waals surface area contributed by atoms with Crippen LogP contribution in [0, 0.1) is 11.6 Å². The first-order valence-corrected chi connectivity index (χ1v) is 14.1. The fourth-order valence-electron chi connectivity index (χ4n) is 4.63. The Balaban J connectivity index is 1.61. The average molecular weight is 626 g/mol. The highest BCUT2D eigenvalue weighted by Crippen LogP contribution is 2.39. The Morgan fingerprint density at radius 3 is 2.09 bits per heavy atom. The fourth-order valence-corrected chi connectivity index (χ4v) is 5.57. The lowest BCUT2D eigenvalue weighted by Crippen LogP contribution is -2.23. The van der Waals surface area contributed by atoms with E-state index in [-0.39, 0.29) is 29.3 Å². The number of nitrogens with one attached hydrogen (secondary N) is 1. The number of carboxylic acids is 1. The lowest BCUT2D eigenvalue weighted by Gasteiger charge is -2.13. The van der Waals surface area contributed by atoms with Gasteiger partial charge in [0.15, 0.2) is 0 Å². The normalized spacial score (nSPS) is 11.7. The van der Waals surface area contributed by atoms with E-state index >= 15 is 0 Å². The molecule has 0 fully saturated rings. The summed E-state index contributed by atoms with van der Waals surface area (Å²) in [5.74, 6) is -3.24. The number of hydrogen-bond acceptors (Lipinski definition) is 4. The number of aromatic nitrogens is 2. The number of fused-ring (bicyclic) bond motifs is 1. The van der Waals surface area contributed by atoms with E-state index < -0.39 is 35.3 Å². The highest BCUT2D eigenvalue weighted by atomic mass is 32.2. The summed E-state index contributed by atoms with van der Waals surface area (Å²) in [6.07, 6.45) is -4.50. The lowest BCUT2D eigenvalue weighted by atomic mass is 9.99. The van der Waals surface area contributed by atoms with Gasteiger partial charge in [0.25, 0.3) is 5.91 Å². The summed E-state index contributed by atoms with van der Waals surface area (Å²) in [6.45, 7) is 3.75. The third kappa shape index (κ3) is 6.60. The summed E-state index contributed by atoms with van der Waals surface area (Å²) in [5, 5.41) is 17.4. The molecule has 44 heavy (non-hydrogen) atoms. The van der Waals surface area contributed by atoms with Gasteiger partial charge >= 0.3 is 12.1 Å². The molecule has 0 aliphatic rings. The Hall–Kier alpha value is -4.71. The molecule has 0 aliphatic carbocycles. The first-order valence-electron chi connectivity index (χ1n) is 13.3. The summed E-state index contributed by atoms with van der Waals surface area (Å²) in [6, 6.07) is 16.5. The molecule has 5 rings (SSSR count). The van der Waals surface area contributed by atoms with Crippen LogP contribution in [-0.2, 0) is 12.7 Å². The standard InChI is InChI=1S/C32H24F5N3O3S/c1-17(2)40-27-14-21(20-11-23(33)15-24(34)12-20)13-26(29(41)38-16-18-3-5-19(6-4-18)31(42)43)28(27)30(39-40)44-25-9-7-22(8-10-25)32(35,36)37/h3-15,17H,16H2,1-2H3,(H,38,41)(H,42,43). The van der Waals surface area contributed by atoms with E-state index in [1.807, 2.05) is 13.8 Å². The van der Waals surface area contributed by atoms with Gasteiger partial charge < -0.3 is 10.4 Å². The monoisotopic (exact) mass is 625 g/mol. The fraction of sp³-hybridized carbons (Fsp3) is 0.156. The second kappa shape index (κ2) is 12.1. The van der Waals surface area contributed by atoms with Crippen LogP contribution in [-0.4, -0.2) is 26.8 Å². The van der Waals surface area contributed by atoms with Gasteiger partial charge in [0.1, 0.15) is 16.7 Å². The second-order valence-corrected chi connectivity index (χ2v) is 11.3. The second-order valence-electron chi connectivity index (χ2n) is 10.2. The highest BCUT2D eigenvalue weighted by molar-refractivity contribution is 7.99. The van der Waals surface area contributed by atoms with Crippen molar-refractivity contribution in [3.05, 3.63) is 113 Å². The third-order valence-corrected chi connectivity index (χ3v) is 7.74. The van der Waals surface area contributed by atoms with Crippen molar-refractivity contribution in [1.29, 1.82) is 0 Å². The van der Waals surface area contributed by atoms with Gasteiger partial charge in [-0.2, -0.15) is 18.3 Å². The van der Waals surface area contributed by atoms with Crippen molar-refractivity contribution in [2.45, 2.75) is 42.5 Å². The Labute approximate surface area is 252 Å². The van der Waals surface area contributed by atoms with Crippen LogP contribution in [0.5, 0.6) is 0 Å². The number of nitrogens with zero attached hydrogens (tertiary/aromatic N) is 2. The number of hydrogen-bond donors (Lipinski definition) is 2. The number of rotatable bonds is 8. The predicted molar refractivity (Wildman–Crippen MR) is 156 cm³/mol. The van der Waals surface area contributed by atoms with Gasteiger partial charge in [-0.15, -0.1) is 0 Å². The average Bonchev–Trinajstić information content (AvgIpc) is 3.33. The minimum atomic E-state index is -4.50. The van der Waals surface area contributed by atoms with Crippen LogP contribution in [0.15, 0.2) is 88.8 Å². The summed E-state index contributed by atoms with van der Waals surface area (Å²) in [7, 11) is 0. The molecule has 1 aromatic heterocycles. The Morgan fingerprint density at radius 1 is 0.909 bits per heavy atom. The van der Waals surface area contributed by atoms with Crippen LogP contribution in [0.3, 0.4) is 0 Å². The Bertz CT molecular complexity index is 1850. The van der Waals surface area contributed by atoms with E-state index in [1.54, 1.807) is 22.9 Å². The minimum absolute atomic E-state index is 0.0404. The molecule has 4 aromatic carbocycles. The molecule has 0 unspecified atom stereocenters. The van der Waals surface area contributed by atoms with Crippen molar-refractivity contribution in [2.75, 3.05) is 0 Å². The van der Waals surface area contributed by atoms with E-state index in [0.717, 1.165) is 42.1 Å². The maximum Gasteiger partial charge on any atom is 0.416 e. The van der Waals surface area contributed by atoms with Gasteiger partial charge in [0.2, 0.25) is 0 Å². The van der Waals surface area contributed by atoms with Crippen molar-refractivity contribution >= 4 is 34.5 Å². The molecular weight excluding hydrogens is 601 g/mol. The maximum atomic E-state index is 14.2. The molecule has 0 saturated heterocycles. The van der Waals surface area contributed by atoms with E-state index in [1.165, 1.54) is 30.3 Å². The number of aromatic carboxylic acids is 1. The van der Waals surface area contributed by atoms with Crippen molar-refractivity contribution < 1.29 is 36.6 Å². The number of benzene rings is 4. The molecule has 6 nitrogen and oxygen atoms in total. The molecule has 0 bridgehead atoms. The number of alkyl halides is 3. The summed E-state index contributed by atoms with van der Waals surface area (Å²) < 4.78 is 69.4. The molecule has 0 aliphatic heterocycles. The Morgan fingerprint density at radius 2 is 1.52 bits per heavy atom. The molecule has 226 valence electrons. The van der Waals surface area contributed by atoms with Gasteiger partial charge in [0.05, 0.1) is 22.2 Å². The first kappa shape index (κ1) is 30.7. The minimum Gasteiger partial charge on any atom is -0.478 e. The SMILES string of the molecule is CC(C)n1nc(Sc2ccc(C(F)(F)F)cc2)c2c(C(=O)NCc3ccc(C(=O)O)cc3)cc(-c3cc(F)cc(F)c3)cc21. The van der Waals surface area contributed by atoms with Crippen LogP contribution in [0.4, 0.5) is 22.0 Å². The summed E-state index contributed by atoms with van der Waals surface area (Å²) in [4.78, 5) is 25.4. The zero-order chi connectivity index (χ0) is 31.8. The van der Waals surface area contributed by atoms with Crippen LogP contribution >= 0.6 is 11.8 Å². The molecule has 0 spiro atoms. The molecule has 2 N–H and O–H groups in total. The van der Waals surface area contributed by atoms with E-state index in [4.69, 9.17) is 5.11 Å². The first-order chi connectivity index (χ1) is 20.8. The molecular formula is C32H24F5N3O3S. The van der Waals surface area contributed by atoms with Gasteiger partial charge in [-0.25, -0.2) is 13.6 Å². The number of halogens is 5. The molecule has 0 radical (unpaired) electrons. The van der Waals surface area contributed by atoms with Crippen LogP contribution < -0.4 is 5.32 Å². The van der Waals surface area contributed by atoms with Crippen molar-refractivity contribution in [1.82, 2.24) is 15.1 Å². The van der Waals surface area contributed by atoms with Gasteiger partial charge in [-0.05, 0) is 91.2 Å². The molecule has 1 heterocycles. The van der Waals surface area contributed by atoms with Crippen LogP contribution in [0.25, 0.3) is 22.0 Å². The van der Waals surface area contributed by atoms with Crippen LogP contribution in [0.2, 0.25) is 0 Å². The molecule has 5 aromatic rings. The lowest BCUT2D eigenvalue weighted by molar-refractivity contribution is -0.137. The summed E-state index contributed by atoms with van der Waals surface area (Å²) in [5.41, 5.74) is 1.06. The van der Waals surface area contributed by atoms with Crippen LogP contribution in [0.1, 0.15) is 51.7 Å². The van der Waals surface area contributed by atoms with Gasteiger partial charge in [0, 0.05) is 28.9 Å². The maximum absolute atomic E-state index is 14.2. The summed E-state index contributed by atoms with van der Waals surface area (Å²) >= 11 is 1.08. The zero-order valence-electron chi connectivity index (χ0n) is 23.2. The molecule has 0 saturated carbocycles. The van der Waals surface area contributed by atoms with Gasteiger partial charge in [-0.3, -0.25) is 9.48 Å². The van der Waals surface area contributed by atoms with E-state index in [0.29, 0.717) is 32.0 Å². The number of carbonyl (C=O) groups is 2. The predicted octanol–water partition coefficient (Wildman–Crippen LogP) is 8.36. The zero-order valence-corrected chi connectivity index (χ0v) is 24.1. The molecule has 0 atom stereocenters. The van der Waals surface area contributed by atoms with Crippen molar-refractivity contribution in [3.63, 3.8) is 0 Å². The van der Waals surface area contributed by atoms with Crippen molar-refractivity contribution in [3.8, 4) is 11.1 Å². The van der Waals surface area contributed by atoms with Crippen molar-refractivity contribution in [2.24, 2.45) is 0 Å². The number of carboxylic acid groups (broad SMARTS) is 1. The van der Waals surface area contributed by atoms with Gasteiger partial charge in [-0.1, -0.05) is 23.9 Å². The molecule has 1 amide bonds. The molecule has 12 heteroatoms. The largest absolute Gasteiger partial charge is 0.478 e. The Kier molecular flexibility index (Phi) is 8.46. The topological polar surface area (TPSA) is 84.2 Å². The highest BCUT2D eigenvalue weighted by Gasteiger charge is 2.30. The third-order valence-electron chi connectivity index (χ3n) is 6.76. The number of carbonyl (C=O) groups excluding carboxylic acids is 1.